The van der Waals surface area contributed by atoms with Gasteiger partial charge in [-0.2, -0.15) is 0 Å². The van der Waals surface area contributed by atoms with Gasteiger partial charge in [0.15, 0.2) is 0 Å². The third-order valence-electron chi connectivity index (χ3n) is 2.53. The number of rotatable bonds is 1. The molecule has 3 nitrogen and oxygen atoms in total. The summed E-state index contributed by atoms with van der Waals surface area (Å²) in [5, 5.41) is 7.87. The van der Waals surface area contributed by atoms with Crippen LogP contribution in [0.5, 0.6) is 0 Å². The van der Waals surface area contributed by atoms with Crippen LogP contribution in [-0.4, -0.2) is 37.0 Å². The van der Waals surface area contributed by atoms with Crippen molar-refractivity contribution in [3.63, 3.8) is 0 Å². The molecule has 0 bridgehead atoms. The van der Waals surface area contributed by atoms with Crippen molar-refractivity contribution in [3.8, 4) is 0 Å². The highest BCUT2D eigenvalue weighted by Crippen LogP contribution is 2.31. The largest absolute Gasteiger partial charge is 0.380 e. The third kappa shape index (κ3) is 1.78. The molecule has 1 saturated heterocycles. The zero-order chi connectivity index (χ0) is 8.39. The topological polar surface area (TPSA) is 36.3 Å². The van der Waals surface area contributed by atoms with Crippen LogP contribution < -0.4 is 0 Å². The highest BCUT2D eigenvalue weighted by Gasteiger charge is 2.30. The van der Waals surface area contributed by atoms with Gasteiger partial charge in [-0.05, 0) is 19.3 Å². The molecule has 0 amide bonds. The van der Waals surface area contributed by atoms with Crippen LogP contribution >= 0.6 is 0 Å². The molecular weight excluding hydrogens is 152 g/mol. The maximum Gasteiger partial charge on any atom is 0.0990 e. The summed E-state index contributed by atoms with van der Waals surface area (Å²) in [7, 11) is 0. The third-order valence-corrected chi connectivity index (χ3v) is 2.53. The Labute approximate surface area is 73.2 Å². The average molecular weight is 168 g/mol. The lowest BCUT2D eigenvalue weighted by Gasteiger charge is -2.22. The monoisotopic (exact) mass is 168 g/mol. The van der Waals surface area contributed by atoms with Crippen LogP contribution in [0.15, 0.2) is 0 Å². The summed E-state index contributed by atoms with van der Waals surface area (Å²) in [6, 6.07) is 0. The van der Waals surface area contributed by atoms with Gasteiger partial charge in [0, 0.05) is 25.6 Å². The van der Waals surface area contributed by atoms with Crippen LogP contribution in [0.1, 0.15) is 19.3 Å². The van der Waals surface area contributed by atoms with E-state index in [1.54, 1.807) is 0 Å². The molecule has 1 heterocycles. The van der Waals surface area contributed by atoms with E-state index in [0.29, 0.717) is 5.92 Å². The molecule has 0 aromatic heterocycles. The minimum Gasteiger partial charge on any atom is -0.380 e. The number of hydrogen-bond acceptors (Lipinski definition) is 2. The summed E-state index contributed by atoms with van der Waals surface area (Å²) in [5.41, 5.74) is 0. The molecule has 3 heteroatoms. The van der Waals surface area contributed by atoms with Gasteiger partial charge < -0.3 is 9.64 Å². The lowest BCUT2D eigenvalue weighted by atomic mass is 10.3. The second-order valence-electron chi connectivity index (χ2n) is 3.61. The Balaban J connectivity index is 1.87. The first kappa shape index (κ1) is 8.05. The molecule has 1 aliphatic heterocycles. The molecule has 0 spiro atoms. The lowest BCUT2D eigenvalue weighted by Crippen LogP contribution is -2.33. The van der Waals surface area contributed by atoms with E-state index in [1.807, 2.05) is 0 Å². The van der Waals surface area contributed by atoms with E-state index in [9.17, 15) is 0 Å². The number of amidine groups is 1. The molecule has 12 heavy (non-hydrogen) atoms. The Morgan fingerprint density at radius 2 is 2.08 bits per heavy atom. The minimum atomic E-state index is 0.586. The van der Waals surface area contributed by atoms with Crippen LogP contribution in [0.25, 0.3) is 0 Å². The van der Waals surface area contributed by atoms with Crippen LogP contribution in [0.4, 0.5) is 0 Å². The van der Waals surface area contributed by atoms with Gasteiger partial charge in [-0.3, -0.25) is 5.41 Å². The van der Waals surface area contributed by atoms with Crippen molar-refractivity contribution in [2.45, 2.75) is 19.3 Å². The van der Waals surface area contributed by atoms with Gasteiger partial charge in [0.25, 0.3) is 0 Å². The Kier molecular flexibility index (Phi) is 2.30. The van der Waals surface area contributed by atoms with Crippen LogP contribution in [0.2, 0.25) is 0 Å². The normalized spacial score (nSPS) is 25.2. The summed E-state index contributed by atoms with van der Waals surface area (Å²) in [4.78, 5) is 2.19. The van der Waals surface area contributed by atoms with E-state index < -0.39 is 0 Å². The first-order chi connectivity index (χ1) is 5.88. The van der Waals surface area contributed by atoms with E-state index in [4.69, 9.17) is 10.1 Å². The second-order valence-corrected chi connectivity index (χ2v) is 3.61. The zero-order valence-corrected chi connectivity index (χ0v) is 7.38. The second kappa shape index (κ2) is 3.44. The van der Waals surface area contributed by atoms with Crippen molar-refractivity contribution < 1.29 is 4.74 Å². The van der Waals surface area contributed by atoms with Gasteiger partial charge in [0.05, 0.1) is 12.4 Å². The molecule has 2 fully saturated rings. The van der Waals surface area contributed by atoms with E-state index in [-0.39, 0.29) is 0 Å². The first-order valence-corrected chi connectivity index (χ1v) is 4.79. The molecule has 2 rings (SSSR count). The molecule has 68 valence electrons. The molecular formula is C9H16N2O. The number of nitrogens with zero attached hydrogens (tertiary/aromatic N) is 1. The summed E-state index contributed by atoms with van der Waals surface area (Å²) < 4.78 is 5.34. The summed E-state index contributed by atoms with van der Waals surface area (Å²) in [6.45, 7) is 3.62. The molecule has 0 atom stereocenters. The van der Waals surface area contributed by atoms with Gasteiger partial charge in [-0.15, -0.1) is 0 Å². The number of nitrogens with one attached hydrogen (secondary N) is 1. The molecule has 2 aliphatic rings. The Morgan fingerprint density at radius 1 is 1.25 bits per heavy atom. The van der Waals surface area contributed by atoms with E-state index in [1.165, 1.54) is 12.8 Å². The van der Waals surface area contributed by atoms with Gasteiger partial charge >= 0.3 is 0 Å². The number of hydrogen-bond donors (Lipinski definition) is 1. The summed E-state index contributed by atoms with van der Waals surface area (Å²) >= 11 is 0. The van der Waals surface area contributed by atoms with Crippen LogP contribution in [0.3, 0.4) is 0 Å². The van der Waals surface area contributed by atoms with Crippen LogP contribution in [0, 0.1) is 11.3 Å². The molecule has 0 aromatic rings. The van der Waals surface area contributed by atoms with Crippen molar-refractivity contribution in [3.05, 3.63) is 0 Å². The first-order valence-electron chi connectivity index (χ1n) is 4.79. The Hall–Kier alpha value is -0.570. The smallest absolute Gasteiger partial charge is 0.0990 e. The molecule has 1 N–H and O–H groups in total. The van der Waals surface area contributed by atoms with Crippen molar-refractivity contribution in [2.75, 3.05) is 26.3 Å². The lowest BCUT2D eigenvalue weighted by molar-refractivity contribution is 0.147. The van der Waals surface area contributed by atoms with Gasteiger partial charge in [0.2, 0.25) is 0 Å². The summed E-state index contributed by atoms with van der Waals surface area (Å²) in [6.07, 6.45) is 3.54. The van der Waals surface area contributed by atoms with Gasteiger partial charge in [-0.25, -0.2) is 0 Å². The highest BCUT2D eigenvalue weighted by molar-refractivity contribution is 5.83. The van der Waals surface area contributed by atoms with E-state index in [0.717, 1.165) is 38.6 Å². The molecule has 1 saturated carbocycles. The van der Waals surface area contributed by atoms with E-state index in [2.05, 4.69) is 4.90 Å². The quantitative estimate of drug-likeness (QED) is 0.470. The predicted octanol–water partition coefficient (Wildman–Crippen LogP) is 1.10. The molecule has 0 unspecified atom stereocenters. The van der Waals surface area contributed by atoms with Crippen LogP contribution in [-0.2, 0) is 4.74 Å². The standard InChI is InChI=1S/C9H16N2O/c10-9(8-2-3-8)11-4-1-6-12-7-5-11/h8,10H,1-7H2. The minimum absolute atomic E-state index is 0.586. The zero-order valence-electron chi connectivity index (χ0n) is 7.38. The average Bonchev–Trinajstić information content (AvgIpc) is 2.92. The van der Waals surface area contributed by atoms with Gasteiger partial charge in [-0.1, -0.05) is 0 Å². The summed E-state index contributed by atoms with van der Waals surface area (Å²) in [5.74, 6) is 1.45. The molecule has 0 aromatic carbocycles. The fraction of sp³-hybridized carbons (Fsp3) is 0.889. The van der Waals surface area contributed by atoms with Crippen molar-refractivity contribution in [1.82, 2.24) is 4.90 Å². The maximum atomic E-state index is 7.87. The predicted molar refractivity (Wildman–Crippen MR) is 47.5 cm³/mol. The highest BCUT2D eigenvalue weighted by atomic mass is 16.5. The number of ether oxygens (including phenoxy) is 1. The van der Waals surface area contributed by atoms with Crippen molar-refractivity contribution in [1.29, 1.82) is 5.41 Å². The van der Waals surface area contributed by atoms with E-state index >= 15 is 0 Å². The van der Waals surface area contributed by atoms with Crippen molar-refractivity contribution >= 4 is 5.84 Å². The fourth-order valence-electron chi connectivity index (χ4n) is 1.60. The molecule has 1 aliphatic carbocycles. The van der Waals surface area contributed by atoms with Crippen molar-refractivity contribution in [2.24, 2.45) is 5.92 Å². The molecule has 0 radical (unpaired) electrons. The maximum absolute atomic E-state index is 7.87. The Morgan fingerprint density at radius 3 is 2.83 bits per heavy atom. The van der Waals surface area contributed by atoms with Gasteiger partial charge in [0.1, 0.15) is 0 Å². The SMILES string of the molecule is N=C(C1CC1)N1CCCOCC1. The fourth-order valence-corrected chi connectivity index (χ4v) is 1.60. The Bertz CT molecular complexity index is 169.